The van der Waals surface area contributed by atoms with E-state index in [2.05, 4.69) is 15.7 Å². The van der Waals surface area contributed by atoms with Crippen LogP contribution >= 0.6 is 0 Å². The Morgan fingerprint density at radius 1 is 1.28 bits per heavy atom. The summed E-state index contributed by atoms with van der Waals surface area (Å²) >= 11 is 0. The minimum Gasteiger partial charge on any atom is -0.352 e. The second-order valence-corrected chi connectivity index (χ2v) is 6.27. The molecule has 1 aliphatic rings. The molecule has 0 aliphatic carbocycles. The van der Waals surface area contributed by atoms with Crippen LogP contribution in [0, 0.1) is 0 Å². The monoisotopic (exact) mass is 341 g/mol. The number of carbonyl (C=O) groups is 2. The molecule has 2 aromatic rings. The van der Waals surface area contributed by atoms with Crippen LogP contribution in [0.25, 0.3) is 5.69 Å². The van der Waals surface area contributed by atoms with Crippen molar-refractivity contribution < 1.29 is 9.59 Å². The highest BCUT2D eigenvalue weighted by Crippen LogP contribution is 2.11. The molecule has 0 unspecified atom stereocenters. The molecule has 0 saturated carbocycles. The highest BCUT2D eigenvalue weighted by atomic mass is 16.2. The number of amides is 3. The Labute approximate surface area is 147 Å². The third kappa shape index (κ3) is 4.59. The lowest BCUT2D eigenvalue weighted by molar-refractivity contribution is -0.119. The number of nitrogens with zero attached hydrogens (tertiary/aromatic N) is 3. The Morgan fingerprint density at radius 2 is 2.08 bits per heavy atom. The predicted octanol–water partition coefficient (Wildman–Crippen LogP) is 1.68. The van der Waals surface area contributed by atoms with E-state index < -0.39 is 0 Å². The highest BCUT2D eigenvalue weighted by Gasteiger charge is 2.23. The molecule has 1 fully saturated rings. The second-order valence-electron chi connectivity index (χ2n) is 6.27. The van der Waals surface area contributed by atoms with Crippen LogP contribution in [-0.4, -0.2) is 45.8 Å². The number of piperidine rings is 1. The molecule has 1 aliphatic heterocycles. The van der Waals surface area contributed by atoms with Gasteiger partial charge in [-0.2, -0.15) is 5.10 Å². The van der Waals surface area contributed by atoms with Gasteiger partial charge in [0.25, 0.3) is 0 Å². The van der Waals surface area contributed by atoms with Crippen molar-refractivity contribution in [2.24, 2.45) is 0 Å². The van der Waals surface area contributed by atoms with E-state index >= 15 is 0 Å². The molecule has 1 aromatic heterocycles. The highest BCUT2D eigenvalue weighted by molar-refractivity contribution is 5.75. The first kappa shape index (κ1) is 17.0. The summed E-state index contributed by atoms with van der Waals surface area (Å²) in [6.07, 6.45) is 5.47. The lowest BCUT2D eigenvalue weighted by Gasteiger charge is -2.32. The third-order valence-corrected chi connectivity index (χ3v) is 4.22. The number of likely N-dealkylation sites (tertiary alicyclic amines) is 1. The predicted molar refractivity (Wildman–Crippen MR) is 94.2 cm³/mol. The van der Waals surface area contributed by atoms with E-state index in [4.69, 9.17) is 0 Å². The van der Waals surface area contributed by atoms with Gasteiger partial charge in [0.05, 0.1) is 11.9 Å². The topological polar surface area (TPSA) is 79.3 Å². The molecule has 2 heterocycles. The van der Waals surface area contributed by atoms with Gasteiger partial charge in [-0.1, -0.05) is 18.2 Å². The van der Waals surface area contributed by atoms with Crippen LogP contribution in [-0.2, 0) is 11.3 Å². The van der Waals surface area contributed by atoms with Gasteiger partial charge in [0, 0.05) is 44.4 Å². The zero-order valence-electron chi connectivity index (χ0n) is 14.3. The Balaban J connectivity index is 1.52. The van der Waals surface area contributed by atoms with Gasteiger partial charge in [0.2, 0.25) is 5.91 Å². The number of rotatable bonds is 4. The molecule has 0 bridgehead atoms. The average Bonchev–Trinajstić information content (AvgIpc) is 3.09. The molecule has 7 heteroatoms. The van der Waals surface area contributed by atoms with Crippen molar-refractivity contribution in [1.29, 1.82) is 0 Å². The number of hydrogen-bond acceptors (Lipinski definition) is 3. The molecule has 0 radical (unpaired) electrons. The normalized spacial score (nSPS) is 17.2. The van der Waals surface area contributed by atoms with Gasteiger partial charge in [0.15, 0.2) is 0 Å². The van der Waals surface area contributed by atoms with Gasteiger partial charge in [-0.25, -0.2) is 9.48 Å². The average molecular weight is 341 g/mol. The fourth-order valence-corrected chi connectivity index (χ4v) is 3.03. The van der Waals surface area contributed by atoms with Crippen LogP contribution < -0.4 is 10.6 Å². The lowest BCUT2D eigenvalue weighted by Crippen LogP contribution is -2.51. The maximum Gasteiger partial charge on any atom is 0.317 e. The number of urea groups is 1. The molecule has 2 N–H and O–H groups in total. The standard InChI is InChI=1S/C18H23N5O2/c1-14(24)21-16-6-5-9-22(13-16)18(25)19-10-15-11-20-23(12-15)17-7-3-2-4-8-17/h2-4,7-8,11-12,16H,5-6,9-10,13H2,1H3,(H,19,25)(H,21,24)/t16-/m0/s1. The quantitative estimate of drug-likeness (QED) is 0.888. The van der Waals surface area contributed by atoms with E-state index in [0.29, 0.717) is 19.6 Å². The smallest absolute Gasteiger partial charge is 0.317 e. The molecule has 0 spiro atoms. The number of aromatic nitrogens is 2. The molecular weight excluding hydrogens is 318 g/mol. The minimum absolute atomic E-state index is 0.0397. The van der Waals surface area contributed by atoms with Gasteiger partial charge in [0.1, 0.15) is 0 Å². The van der Waals surface area contributed by atoms with E-state index in [9.17, 15) is 9.59 Å². The minimum atomic E-state index is -0.109. The summed E-state index contributed by atoms with van der Waals surface area (Å²) in [6.45, 7) is 3.19. The molecule has 3 amide bonds. The summed E-state index contributed by atoms with van der Waals surface area (Å²) in [5.74, 6) is -0.0550. The molecule has 7 nitrogen and oxygen atoms in total. The lowest BCUT2D eigenvalue weighted by atomic mass is 10.1. The van der Waals surface area contributed by atoms with Crippen molar-refractivity contribution in [3.05, 3.63) is 48.3 Å². The Kier molecular flexibility index (Phi) is 5.33. The van der Waals surface area contributed by atoms with E-state index in [0.717, 1.165) is 24.1 Å². The first-order chi connectivity index (χ1) is 12.1. The van der Waals surface area contributed by atoms with Crippen molar-refractivity contribution in [2.75, 3.05) is 13.1 Å². The summed E-state index contributed by atoms with van der Waals surface area (Å²) in [5.41, 5.74) is 1.92. The fourth-order valence-electron chi connectivity index (χ4n) is 3.03. The zero-order chi connectivity index (χ0) is 17.6. The molecule has 1 atom stereocenters. The number of carbonyl (C=O) groups excluding carboxylic acids is 2. The SMILES string of the molecule is CC(=O)N[C@H]1CCCN(C(=O)NCc2cnn(-c3ccccc3)c2)C1. The van der Waals surface area contributed by atoms with Crippen molar-refractivity contribution in [3.8, 4) is 5.69 Å². The summed E-state index contributed by atoms with van der Waals surface area (Å²) in [4.78, 5) is 25.3. The number of para-hydroxylation sites is 1. The number of benzene rings is 1. The molecule has 132 valence electrons. The molecular formula is C18H23N5O2. The van der Waals surface area contributed by atoms with Crippen molar-refractivity contribution in [2.45, 2.75) is 32.4 Å². The molecule has 1 aromatic carbocycles. The first-order valence-electron chi connectivity index (χ1n) is 8.50. The van der Waals surface area contributed by atoms with Crippen LogP contribution in [0.3, 0.4) is 0 Å². The summed E-state index contributed by atoms with van der Waals surface area (Å²) in [5, 5.41) is 10.1. The van der Waals surface area contributed by atoms with Gasteiger partial charge in [-0.15, -0.1) is 0 Å². The van der Waals surface area contributed by atoms with Crippen LogP contribution in [0.15, 0.2) is 42.7 Å². The third-order valence-electron chi connectivity index (χ3n) is 4.22. The summed E-state index contributed by atoms with van der Waals surface area (Å²) < 4.78 is 1.79. The molecule has 1 saturated heterocycles. The van der Waals surface area contributed by atoms with E-state index in [1.807, 2.05) is 36.5 Å². The molecule has 3 rings (SSSR count). The Morgan fingerprint density at radius 3 is 2.84 bits per heavy atom. The Bertz CT molecular complexity index is 728. The molecule has 25 heavy (non-hydrogen) atoms. The van der Waals surface area contributed by atoms with E-state index in [1.54, 1.807) is 15.8 Å². The maximum atomic E-state index is 12.4. The van der Waals surface area contributed by atoms with Gasteiger partial charge in [-0.05, 0) is 25.0 Å². The van der Waals surface area contributed by atoms with Crippen LogP contribution in [0.5, 0.6) is 0 Å². The van der Waals surface area contributed by atoms with Gasteiger partial charge < -0.3 is 15.5 Å². The van der Waals surface area contributed by atoms with Crippen LogP contribution in [0.1, 0.15) is 25.3 Å². The van der Waals surface area contributed by atoms with E-state index in [1.165, 1.54) is 6.92 Å². The maximum absolute atomic E-state index is 12.4. The Hall–Kier alpha value is -2.83. The van der Waals surface area contributed by atoms with Crippen molar-refractivity contribution >= 4 is 11.9 Å². The second kappa shape index (κ2) is 7.83. The van der Waals surface area contributed by atoms with Crippen LogP contribution in [0.2, 0.25) is 0 Å². The number of nitrogens with one attached hydrogen (secondary N) is 2. The fraction of sp³-hybridized carbons (Fsp3) is 0.389. The number of hydrogen-bond donors (Lipinski definition) is 2. The van der Waals surface area contributed by atoms with Crippen molar-refractivity contribution in [3.63, 3.8) is 0 Å². The van der Waals surface area contributed by atoms with Gasteiger partial charge in [-0.3, -0.25) is 4.79 Å². The van der Waals surface area contributed by atoms with E-state index in [-0.39, 0.29) is 18.0 Å². The zero-order valence-corrected chi connectivity index (χ0v) is 14.3. The first-order valence-corrected chi connectivity index (χ1v) is 8.50. The largest absolute Gasteiger partial charge is 0.352 e. The summed E-state index contributed by atoms with van der Waals surface area (Å²) in [6, 6.07) is 9.76. The van der Waals surface area contributed by atoms with Crippen LogP contribution in [0.4, 0.5) is 4.79 Å². The summed E-state index contributed by atoms with van der Waals surface area (Å²) in [7, 11) is 0. The van der Waals surface area contributed by atoms with Gasteiger partial charge >= 0.3 is 6.03 Å². The van der Waals surface area contributed by atoms with Crippen molar-refractivity contribution in [1.82, 2.24) is 25.3 Å².